The van der Waals surface area contributed by atoms with E-state index < -0.39 is 0 Å². The number of hydrogen-bond donors (Lipinski definition) is 1. The molecule has 2 aliphatic carbocycles. The average molecular weight is 275 g/mol. The first-order chi connectivity index (χ1) is 9.70. The second-order valence-electron chi connectivity index (χ2n) is 5.58. The molecule has 1 fully saturated rings. The van der Waals surface area contributed by atoms with Crippen LogP contribution < -0.4 is 4.74 Å². The van der Waals surface area contributed by atoms with Crippen molar-refractivity contribution in [3.8, 4) is 5.75 Å². The number of nitrogens with zero attached hydrogens (tertiary/aromatic N) is 1. The van der Waals surface area contributed by atoms with Crippen LogP contribution in [0, 0.1) is 0 Å². The normalized spacial score (nSPS) is 20.6. The highest BCUT2D eigenvalue weighted by molar-refractivity contribution is 5.78. The highest BCUT2D eigenvalue weighted by Crippen LogP contribution is 2.36. The first kappa shape index (κ1) is 13.4. The van der Waals surface area contributed by atoms with Crippen molar-refractivity contribution in [3.63, 3.8) is 0 Å². The molecule has 4 heteroatoms. The van der Waals surface area contributed by atoms with E-state index in [2.05, 4.69) is 0 Å². The van der Waals surface area contributed by atoms with Gasteiger partial charge in [-0.05, 0) is 44.2 Å². The molecule has 0 aliphatic heterocycles. The van der Waals surface area contributed by atoms with Crippen LogP contribution in [0.25, 0.3) is 0 Å². The molecule has 4 nitrogen and oxygen atoms in total. The van der Waals surface area contributed by atoms with Gasteiger partial charge >= 0.3 is 0 Å². The van der Waals surface area contributed by atoms with Crippen molar-refractivity contribution in [2.45, 2.75) is 44.8 Å². The fourth-order valence-corrected chi connectivity index (χ4v) is 2.98. The van der Waals surface area contributed by atoms with Crippen molar-refractivity contribution < 1.29 is 14.6 Å². The van der Waals surface area contributed by atoms with Crippen molar-refractivity contribution >= 4 is 5.91 Å². The van der Waals surface area contributed by atoms with Crippen LogP contribution in [0.15, 0.2) is 18.2 Å². The van der Waals surface area contributed by atoms with E-state index in [0.717, 1.165) is 49.1 Å². The summed E-state index contributed by atoms with van der Waals surface area (Å²) < 4.78 is 5.72. The van der Waals surface area contributed by atoms with Gasteiger partial charge in [0.2, 0.25) is 0 Å². The Morgan fingerprint density at radius 3 is 2.90 bits per heavy atom. The molecule has 1 saturated carbocycles. The average Bonchev–Trinajstić information content (AvgIpc) is 3.21. The molecule has 1 atom stereocenters. The lowest BCUT2D eigenvalue weighted by Gasteiger charge is -2.21. The molecule has 1 N–H and O–H groups in total. The molecule has 108 valence electrons. The Balaban J connectivity index is 1.65. The molecule has 0 saturated heterocycles. The zero-order chi connectivity index (χ0) is 14.1. The standard InChI is InChI=1S/C16H21NO3/c1-2-17(11-6-7-11)16(19)10-20-15-5-3-4-12-13(15)8-9-14(12)18/h3-5,11,14,18H,2,6-10H2,1H3. The topological polar surface area (TPSA) is 49.8 Å². The van der Waals surface area contributed by atoms with E-state index >= 15 is 0 Å². The Kier molecular flexibility index (Phi) is 3.66. The number of aliphatic hydroxyl groups excluding tert-OH is 1. The fourth-order valence-electron chi connectivity index (χ4n) is 2.98. The smallest absolute Gasteiger partial charge is 0.260 e. The quantitative estimate of drug-likeness (QED) is 0.895. The van der Waals surface area contributed by atoms with Crippen LogP contribution in [0.5, 0.6) is 5.75 Å². The van der Waals surface area contributed by atoms with Crippen molar-refractivity contribution in [2.75, 3.05) is 13.2 Å². The molecule has 1 amide bonds. The number of carbonyl (C=O) groups excluding carboxylic acids is 1. The van der Waals surface area contributed by atoms with E-state index in [-0.39, 0.29) is 18.6 Å². The van der Waals surface area contributed by atoms with Gasteiger partial charge in [0.05, 0.1) is 6.10 Å². The molecule has 0 heterocycles. The zero-order valence-electron chi connectivity index (χ0n) is 11.8. The molecular formula is C16H21NO3. The third kappa shape index (κ3) is 2.52. The summed E-state index contributed by atoms with van der Waals surface area (Å²) in [5.41, 5.74) is 2.01. The minimum Gasteiger partial charge on any atom is -0.483 e. The van der Waals surface area contributed by atoms with E-state index in [1.807, 2.05) is 30.0 Å². The van der Waals surface area contributed by atoms with Gasteiger partial charge in [-0.2, -0.15) is 0 Å². The lowest BCUT2D eigenvalue weighted by atomic mass is 10.1. The van der Waals surface area contributed by atoms with Crippen LogP contribution in [-0.2, 0) is 11.2 Å². The molecular weight excluding hydrogens is 254 g/mol. The number of fused-ring (bicyclic) bond motifs is 1. The molecule has 2 aliphatic rings. The molecule has 0 bridgehead atoms. The monoisotopic (exact) mass is 275 g/mol. The molecule has 20 heavy (non-hydrogen) atoms. The zero-order valence-corrected chi connectivity index (χ0v) is 11.8. The Labute approximate surface area is 119 Å². The van der Waals surface area contributed by atoms with Crippen molar-refractivity contribution in [3.05, 3.63) is 29.3 Å². The molecule has 3 rings (SSSR count). The molecule has 1 aromatic rings. The summed E-state index contributed by atoms with van der Waals surface area (Å²) in [7, 11) is 0. The molecule has 0 spiro atoms. The van der Waals surface area contributed by atoms with Crippen molar-refractivity contribution in [1.29, 1.82) is 0 Å². The largest absolute Gasteiger partial charge is 0.483 e. The predicted octanol–water partition coefficient (Wildman–Crippen LogP) is 2.06. The SMILES string of the molecule is CCN(C(=O)COc1cccc2c1CCC2O)C1CC1. The summed E-state index contributed by atoms with van der Waals surface area (Å²) in [6, 6.07) is 6.13. The molecule has 0 radical (unpaired) electrons. The third-order valence-electron chi connectivity index (χ3n) is 4.20. The highest BCUT2D eigenvalue weighted by atomic mass is 16.5. The molecule has 1 aromatic carbocycles. The summed E-state index contributed by atoms with van der Waals surface area (Å²) >= 11 is 0. The van der Waals surface area contributed by atoms with Crippen LogP contribution in [-0.4, -0.2) is 35.1 Å². The second kappa shape index (κ2) is 5.44. The van der Waals surface area contributed by atoms with E-state index in [0.29, 0.717) is 6.04 Å². The summed E-state index contributed by atoms with van der Waals surface area (Å²) in [4.78, 5) is 14.0. The van der Waals surface area contributed by atoms with Crippen LogP contribution in [0.3, 0.4) is 0 Å². The third-order valence-corrected chi connectivity index (χ3v) is 4.20. The number of ether oxygens (including phenoxy) is 1. The lowest BCUT2D eigenvalue weighted by Crippen LogP contribution is -2.36. The first-order valence-corrected chi connectivity index (χ1v) is 7.42. The number of amides is 1. The van der Waals surface area contributed by atoms with Gasteiger partial charge in [-0.3, -0.25) is 4.79 Å². The maximum atomic E-state index is 12.1. The van der Waals surface area contributed by atoms with Gasteiger partial charge in [0, 0.05) is 18.2 Å². The van der Waals surface area contributed by atoms with Crippen molar-refractivity contribution in [2.24, 2.45) is 0 Å². The van der Waals surface area contributed by atoms with Gasteiger partial charge in [-0.25, -0.2) is 0 Å². The summed E-state index contributed by atoms with van der Waals surface area (Å²) in [5, 5.41) is 9.86. The van der Waals surface area contributed by atoms with Gasteiger partial charge in [0.1, 0.15) is 5.75 Å². The van der Waals surface area contributed by atoms with Gasteiger partial charge in [0.25, 0.3) is 5.91 Å². The summed E-state index contributed by atoms with van der Waals surface area (Å²) in [6.07, 6.45) is 3.41. The Hall–Kier alpha value is -1.55. The Bertz CT molecular complexity index is 510. The minimum atomic E-state index is -0.386. The number of rotatable bonds is 5. The second-order valence-corrected chi connectivity index (χ2v) is 5.58. The van der Waals surface area contributed by atoms with Crippen LogP contribution in [0.1, 0.15) is 43.4 Å². The molecule has 1 unspecified atom stereocenters. The number of benzene rings is 1. The summed E-state index contributed by atoms with van der Waals surface area (Å²) in [5.74, 6) is 0.811. The van der Waals surface area contributed by atoms with E-state index in [1.165, 1.54) is 0 Å². The van der Waals surface area contributed by atoms with Gasteiger partial charge in [0.15, 0.2) is 6.61 Å². The van der Waals surface area contributed by atoms with E-state index in [1.54, 1.807) is 0 Å². The maximum Gasteiger partial charge on any atom is 0.260 e. The van der Waals surface area contributed by atoms with Gasteiger partial charge in [-0.15, -0.1) is 0 Å². The number of carbonyl (C=O) groups is 1. The first-order valence-electron chi connectivity index (χ1n) is 7.42. The number of hydrogen-bond acceptors (Lipinski definition) is 3. The van der Waals surface area contributed by atoms with Gasteiger partial charge < -0.3 is 14.7 Å². The minimum absolute atomic E-state index is 0.0612. The number of aliphatic hydroxyl groups is 1. The van der Waals surface area contributed by atoms with E-state index in [4.69, 9.17) is 4.74 Å². The maximum absolute atomic E-state index is 12.1. The van der Waals surface area contributed by atoms with Crippen LogP contribution in [0.4, 0.5) is 0 Å². The highest BCUT2D eigenvalue weighted by Gasteiger charge is 2.31. The predicted molar refractivity (Wildman–Crippen MR) is 75.6 cm³/mol. The Morgan fingerprint density at radius 1 is 1.40 bits per heavy atom. The van der Waals surface area contributed by atoms with Gasteiger partial charge in [-0.1, -0.05) is 12.1 Å². The van der Waals surface area contributed by atoms with Crippen LogP contribution in [0.2, 0.25) is 0 Å². The molecule has 0 aromatic heterocycles. The Morgan fingerprint density at radius 2 is 2.20 bits per heavy atom. The van der Waals surface area contributed by atoms with Crippen molar-refractivity contribution in [1.82, 2.24) is 4.90 Å². The van der Waals surface area contributed by atoms with E-state index in [9.17, 15) is 9.90 Å². The summed E-state index contributed by atoms with van der Waals surface area (Å²) in [6.45, 7) is 2.85. The lowest BCUT2D eigenvalue weighted by molar-refractivity contribution is -0.133. The number of likely N-dealkylation sites (N-methyl/N-ethyl adjacent to an activating group) is 1. The van der Waals surface area contributed by atoms with Crippen LogP contribution >= 0.6 is 0 Å². The fraction of sp³-hybridized carbons (Fsp3) is 0.562.